The second kappa shape index (κ2) is 26.9. The maximum absolute atomic E-state index is 14.5. The molecule has 1 radical (unpaired) electrons. The molecule has 525 valence electrons. The molecule has 7 aromatic carbocycles. The number of nitrogens with zero attached hydrogens (tertiary/aromatic N) is 4. The fourth-order valence-corrected chi connectivity index (χ4v) is 13.2. The molecule has 12 rings (SSSR count). The van der Waals surface area contributed by atoms with E-state index in [0.717, 1.165) is 30.9 Å². The Morgan fingerprint density at radius 2 is 0.471 bits per heavy atom. The number of methoxy groups -OCH3 is 8. The van der Waals surface area contributed by atoms with Crippen LogP contribution in [0.25, 0.3) is 121 Å². The summed E-state index contributed by atoms with van der Waals surface area (Å²) in [5.74, 6) is -7.31. The summed E-state index contributed by atoms with van der Waals surface area (Å²) in [5.41, 5.74) is 3.60. The Kier molecular flexibility index (Phi) is 19.0. The summed E-state index contributed by atoms with van der Waals surface area (Å²) in [4.78, 5) is 138. The van der Waals surface area contributed by atoms with Crippen molar-refractivity contribution in [1.82, 2.24) is 19.9 Å². The third-order valence-electron chi connectivity index (χ3n) is 18.6. The van der Waals surface area contributed by atoms with Gasteiger partial charge in [0.25, 0.3) is 0 Å². The zero-order valence-electron chi connectivity index (χ0n) is 59.2. The molecule has 0 N–H and O–H groups in total. The first-order valence-corrected chi connectivity index (χ1v) is 32.2. The van der Waals surface area contributed by atoms with E-state index in [1.807, 2.05) is 72.8 Å². The summed E-state index contributed by atoms with van der Waals surface area (Å²) < 4.78 is 43.3. The van der Waals surface area contributed by atoms with Crippen LogP contribution in [0.15, 0.2) is 121 Å². The van der Waals surface area contributed by atoms with Crippen molar-refractivity contribution in [3.63, 3.8) is 0 Å². The smallest absolute Gasteiger partial charge is 0.338 e. The summed E-state index contributed by atoms with van der Waals surface area (Å²) in [6, 6.07) is 34.9. The first-order chi connectivity index (χ1) is 47.9. The van der Waals surface area contributed by atoms with Crippen molar-refractivity contribution < 1.29 is 93.3 Å². The van der Waals surface area contributed by atoms with E-state index in [1.54, 1.807) is 0 Å². The van der Waals surface area contributed by atoms with Gasteiger partial charge in [-0.15, -0.1) is 33.1 Å². The summed E-state index contributed by atoms with van der Waals surface area (Å²) in [6.45, 7) is 18.6. The van der Waals surface area contributed by atoms with Gasteiger partial charge in [-0.25, -0.2) is 43.3 Å². The third kappa shape index (κ3) is 12.1. The SMILES string of the molecule is COC(=O)c1cc2c(cc1C(=O)OC)-c1nc-2c(-c2ccc(C(C)(C)C)cc2)c2[n-]c(c(-c3ccc(C(C)(C)C)cc3)c3[n-]c(c(-c4ccc(C(C)(C)C)cc4)c4[n-]c1c1cc(C(=O)OC)c(C(=O)OC)cc41)c1cc(C(=O)OC)c(C(=O)OC)cc31)c1cc(C(=O)OC)c(C(=O)OC)cc21.[Cu]. The Morgan fingerprint density at radius 3 is 0.706 bits per heavy atom. The van der Waals surface area contributed by atoms with Gasteiger partial charge >= 0.3 is 47.8 Å². The molecule has 10 aromatic rings. The average Bonchev–Trinajstić information content (AvgIpc) is 1.55. The molecule has 102 heavy (non-hydrogen) atoms. The fraction of sp³-hybridized carbons (Fsp3) is 0.247. The molecule has 20 nitrogen and oxygen atoms in total. The molecule has 0 unspecified atom stereocenters. The number of hydrogen-bond acceptors (Lipinski definition) is 17. The molecule has 8 bridgehead atoms. The van der Waals surface area contributed by atoms with Gasteiger partial charge in [-0.2, -0.15) is 0 Å². The summed E-state index contributed by atoms with van der Waals surface area (Å²) in [5, 5.41) is 1.44. The molecule has 0 saturated carbocycles. The van der Waals surface area contributed by atoms with Gasteiger partial charge in [0.05, 0.1) is 113 Å². The molecule has 0 atom stereocenters. The van der Waals surface area contributed by atoms with Gasteiger partial charge in [0.15, 0.2) is 0 Å². The van der Waals surface area contributed by atoms with Gasteiger partial charge in [-0.05, 0) is 147 Å². The van der Waals surface area contributed by atoms with Crippen molar-refractivity contribution in [2.45, 2.75) is 78.6 Å². The monoisotopic (exact) mass is 1420 g/mol. The van der Waals surface area contributed by atoms with E-state index >= 15 is 0 Å². The number of hydrogen-bond donors (Lipinski definition) is 0. The molecule has 0 saturated heterocycles. The molecule has 1 aliphatic carbocycles. The number of fused-ring (bicyclic) bond motifs is 1. The van der Waals surface area contributed by atoms with E-state index in [1.165, 1.54) is 91.2 Å². The number of aromatic nitrogens is 4. The second-order valence-corrected chi connectivity index (χ2v) is 27.5. The minimum Gasteiger partial charge on any atom is -0.656 e. The van der Waals surface area contributed by atoms with Crippen LogP contribution in [-0.2, 0) is 71.2 Å². The van der Waals surface area contributed by atoms with E-state index < -0.39 is 47.8 Å². The first kappa shape index (κ1) is 71.9. The second-order valence-electron chi connectivity index (χ2n) is 27.5. The van der Waals surface area contributed by atoms with Crippen LogP contribution in [0.1, 0.15) is 162 Å². The van der Waals surface area contributed by atoms with E-state index in [9.17, 15) is 38.4 Å². The Balaban J connectivity index is 0.0000105. The number of ether oxygens (including phenoxy) is 8. The van der Waals surface area contributed by atoms with Crippen LogP contribution >= 0.6 is 0 Å². The molecule has 0 spiro atoms. The van der Waals surface area contributed by atoms with Crippen LogP contribution in [0.3, 0.4) is 0 Å². The van der Waals surface area contributed by atoms with Crippen molar-refractivity contribution in [3.8, 4) is 55.9 Å². The zero-order chi connectivity index (χ0) is 72.8. The summed E-state index contributed by atoms with van der Waals surface area (Å²) in [6.07, 6.45) is 0. The Hall–Kier alpha value is -11.4. The van der Waals surface area contributed by atoms with Crippen LogP contribution in [0.4, 0.5) is 0 Å². The van der Waals surface area contributed by atoms with Crippen molar-refractivity contribution in [2.75, 3.05) is 56.9 Å². The van der Waals surface area contributed by atoms with E-state index in [0.29, 0.717) is 16.7 Å². The van der Waals surface area contributed by atoms with E-state index in [-0.39, 0.29) is 182 Å². The van der Waals surface area contributed by atoms with E-state index in [4.69, 9.17) is 57.8 Å². The molecule has 0 fully saturated rings. The van der Waals surface area contributed by atoms with Crippen molar-refractivity contribution in [1.29, 1.82) is 0 Å². The molecular weight excluding hydrogens is 1350 g/mol. The summed E-state index contributed by atoms with van der Waals surface area (Å²) >= 11 is 0. The topological polar surface area (TPSA) is 266 Å². The van der Waals surface area contributed by atoms with Crippen LogP contribution in [0.2, 0.25) is 0 Å². The molecule has 0 amide bonds. The molecular formula is C81H71CuN4O16-3. The van der Waals surface area contributed by atoms with Crippen LogP contribution in [-0.4, -0.2) is 110 Å². The van der Waals surface area contributed by atoms with Gasteiger partial charge < -0.3 is 52.8 Å². The van der Waals surface area contributed by atoms with Crippen LogP contribution in [0.5, 0.6) is 0 Å². The van der Waals surface area contributed by atoms with E-state index in [2.05, 4.69) is 62.3 Å². The Morgan fingerprint density at radius 1 is 0.275 bits per heavy atom. The number of benzene rings is 7. The largest absolute Gasteiger partial charge is 0.656 e. The average molecular weight is 1420 g/mol. The van der Waals surface area contributed by atoms with Crippen LogP contribution < -0.4 is 15.0 Å². The predicted octanol–water partition coefficient (Wildman–Crippen LogP) is 15.4. The maximum atomic E-state index is 14.5. The standard InChI is InChI=1S/C81H74N4O16.Cu/c1-79(2,3)41-24-18-38(19-25-41)60-63-44-30-52(71(86)94-10)54(73(88)96-12)32-46(44)65(82-63)61(39-20-26-42(27-21-39)80(4,5)6)67-48-34-56(75(90)98-14)58(77(92)100-16)36-50(48)69(84-67)70-51-37-59(78(93)101-17)57(76(91)99-15)35-49(51)68(85-70)62(40-22-28-43(29-23-40)81(7,8)9)66-47-33-55(74(89)97-13)53(72(87)95-11)31-45(47)64(60)83-66;/h18-37H,1-17H3,(H3,82,83,84,85,86,87,88,89,90,91,92,93);/p-3. The molecule has 2 aliphatic rings. The van der Waals surface area contributed by atoms with Gasteiger partial charge in [0.2, 0.25) is 0 Å². The molecule has 3 aromatic heterocycles. The Bertz CT molecular complexity index is 5540. The van der Waals surface area contributed by atoms with Crippen molar-refractivity contribution >= 4 is 113 Å². The Labute approximate surface area is 597 Å². The predicted molar refractivity (Wildman–Crippen MR) is 383 cm³/mol. The molecule has 21 heteroatoms. The van der Waals surface area contributed by atoms with Gasteiger partial charge in [0.1, 0.15) is 0 Å². The number of esters is 8. The number of carbonyl (C=O) groups excluding carboxylic acids is 8. The normalized spacial score (nSPS) is 11.8. The first-order valence-electron chi connectivity index (χ1n) is 32.2. The van der Waals surface area contributed by atoms with Crippen molar-refractivity contribution in [3.05, 3.63) is 183 Å². The fourth-order valence-electron chi connectivity index (χ4n) is 13.2. The number of carbonyl (C=O) groups is 8. The number of rotatable bonds is 11. The van der Waals surface area contributed by atoms with Gasteiger partial charge in [-0.1, -0.05) is 135 Å². The third-order valence-corrected chi connectivity index (χ3v) is 18.6. The van der Waals surface area contributed by atoms with Crippen molar-refractivity contribution in [2.24, 2.45) is 0 Å². The minimum atomic E-state index is -0.925. The zero-order valence-corrected chi connectivity index (χ0v) is 60.1. The molecule has 1 aliphatic heterocycles. The van der Waals surface area contributed by atoms with Crippen LogP contribution in [0, 0.1) is 0 Å². The summed E-state index contributed by atoms with van der Waals surface area (Å²) in [7, 11) is 9.38. The minimum absolute atomic E-state index is 0. The molecule has 4 heterocycles. The van der Waals surface area contributed by atoms with Gasteiger partial charge in [-0.3, -0.25) is 0 Å². The maximum Gasteiger partial charge on any atom is 0.338 e. The van der Waals surface area contributed by atoms with Gasteiger partial charge in [0, 0.05) is 28.2 Å². The quantitative estimate of drug-likeness (QED) is 0.0661.